The van der Waals surface area contributed by atoms with Gasteiger partial charge in [0.2, 0.25) is 0 Å². The van der Waals surface area contributed by atoms with Crippen molar-refractivity contribution in [2.24, 2.45) is 0 Å². The number of carbonyl (C=O) groups excluding carboxylic acids is 2. The normalized spacial score (nSPS) is 16.0. The fraction of sp³-hybridized carbons (Fsp3) is 0.158. The lowest BCUT2D eigenvalue weighted by Gasteiger charge is -2.15. The third-order valence-electron chi connectivity index (χ3n) is 4.07. The zero-order valence-electron chi connectivity index (χ0n) is 13.8. The van der Waals surface area contributed by atoms with Crippen LogP contribution in [0.5, 0.6) is 0 Å². The molecule has 1 heterocycles. The molecule has 5 heteroatoms. The van der Waals surface area contributed by atoms with Crippen molar-refractivity contribution in [3.05, 3.63) is 64.7 Å². The quantitative estimate of drug-likeness (QED) is 0.529. The van der Waals surface area contributed by atoms with Gasteiger partial charge in [0, 0.05) is 4.90 Å². The summed E-state index contributed by atoms with van der Waals surface area (Å²) in [6, 6.07) is 13.4. The molecule has 2 amide bonds. The van der Waals surface area contributed by atoms with Crippen molar-refractivity contribution in [1.82, 2.24) is 5.43 Å². The largest absolute Gasteiger partial charge is 0.282 e. The van der Waals surface area contributed by atoms with Gasteiger partial charge in [-0.3, -0.25) is 15.0 Å². The summed E-state index contributed by atoms with van der Waals surface area (Å²) in [7, 11) is 0. The van der Waals surface area contributed by atoms with E-state index in [1.54, 1.807) is 17.8 Å². The molecule has 0 spiro atoms. The molecule has 0 aliphatic carbocycles. The maximum atomic E-state index is 12.6. The highest BCUT2D eigenvalue weighted by molar-refractivity contribution is 7.98. The predicted molar refractivity (Wildman–Crippen MR) is 97.7 cm³/mol. The summed E-state index contributed by atoms with van der Waals surface area (Å²) < 4.78 is 0. The van der Waals surface area contributed by atoms with E-state index in [2.05, 4.69) is 5.43 Å². The van der Waals surface area contributed by atoms with Gasteiger partial charge in [-0.05, 0) is 67.1 Å². The van der Waals surface area contributed by atoms with Crippen molar-refractivity contribution in [2.45, 2.75) is 18.7 Å². The van der Waals surface area contributed by atoms with E-state index in [0.29, 0.717) is 5.69 Å². The van der Waals surface area contributed by atoms with Crippen LogP contribution in [0.3, 0.4) is 0 Å². The van der Waals surface area contributed by atoms with E-state index in [1.807, 2.05) is 62.6 Å². The summed E-state index contributed by atoms with van der Waals surface area (Å²) in [6.07, 6.45) is 3.63. The number of hydrazine groups is 1. The molecule has 1 aliphatic heterocycles. The molecule has 0 saturated carbocycles. The van der Waals surface area contributed by atoms with Crippen molar-refractivity contribution in [1.29, 1.82) is 0 Å². The fourth-order valence-electron chi connectivity index (χ4n) is 2.47. The lowest BCUT2D eigenvalue weighted by Crippen LogP contribution is -2.35. The van der Waals surface area contributed by atoms with Crippen molar-refractivity contribution in [3.63, 3.8) is 0 Å². The van der Waals surface area contributed by atoms with Crippen LogP contribution in [0.1, 0.15) is 16.7 Å². The molecule has 0 atom stereocenters. The van der Waals surface area contributed by atoms with E-state index in [9.17, 15) is 9.59 Å². The van der Waals surface area contributed by atoms with E-state index in [4.69, 9.17) is 0 Å². The SMILES string of the molecule is CSc1ccc(/C=C2/C(=O)NN(c3ccc(C)c(C)c3)C2=O)cc1. The van der Waals surface area contributed by atoms with Crippen LogP contribution in [0.4, 0.5) is 5.69 Å². The molecule has 1 saturated heterocycles. The highest BCUT2D eigenvalue weighted by atomic mass is 32.2. The van der Waals surface area contributed by atoms with Crippen LogP contribution < -0.4 is 10.4 Å². The first kappa shape index (κ1) is 16.3. The molecule has 0 unspecified atom stereocenters. The number of thioether (sulfide) groups is 1. The number of benzene rings is 2. The Morgan fingerprint density at radius 1 is 1.00 bits per heavy atom. The highest BCUT2D eigenvalue weighted by Crippen LogP contribution is 2.24. The zero-order chi connectivity index (χ0) is 17.3. The third-order valence-corrected chi connectivity index (χ3v) is 4.81. The molecule has 0 radical (unpaired) electrons. The Hall–Kier alpha value is -2.53. The number of amides is 2. The summed E-state index contributed by atoms with van der Waals surface area (Å²) in [5.41, 5.74) is 6.48. The lowest BCUT2D eigenvalue weighted by atomic mass is 10.1. The Labute approximate surface area is 145 Å². The summed E-state index contributed by atoms with van der Waals surface area (Å²) in [4.78, 5) is 25.9. The van der Waals surface area contributed by atoms with Crippen LogP contribution in [-0.4, -0.2) is 18.1 Å². The molecule has 3 rings (SSSR count). The van der Waals surface area contributed by atoms with Gasteiger partial charge in [-0.2, -0.15) is 0 Å². The molecule has 1 fully saturated rings. The first-order valence-electron chi connectivity index (χ1n) is 7.58. The third kappa shape index (κ3) is 3.08. The Kier molecular flexibility index (Phi) is 4.44. The van der Waals surface area contributed by atoms with Crippen LogP contribution in [0.15, 0.2) is 52.9 Å². The molecule has 1 N–H and O–H groups in total. The number of carbonyl (C=O) groups is 2. The average Bonchev–Trinajstić information content (AvgIpc) is 2.86. The number of anilines is 1. The van der Waals surface area contributed by atoms with Gasteiger partial charge in [-0.25, -0.2) is 5.01 Å². The molecule has 1 aliphatic rings. The molecule has 122 valence electrons. The summed E-state index contributed by atoms with van der Waals surface area (Å²) in [5.74, 6) is -0.718. The highest BCUT2D eigenvalue weighted by Gasteiger charge is 2.34. The Morgan fingerprint density at radius 2 is 1.71 bits per heavy atom. The van der Waals surface area contributed by atoms with E-state index < -0.39 is 0 Å². The first-order chi connectivity index (χ1) is 11.5. The smallest absolute Gasteiger partial charge is 0.267 e. The monoisotopic (exact) mass is 338 g/mol. The fourth-order valence-corrected chi connectivity index (χ4v) is 2.88. The summed E-state index contributed by atoms with van der Waals surface area (Å²) >= 11 is 1.65. The molecule has 0 bridgehead atoms. The topological polar surface area (TPSA) is 49.4 Å². The minimum atomic E-state index is -0.382. The van der Waals surface area contributed by atoms with Crippen molar-refractivity contribution in [2.75, 3.05) is 11.3 Å². The van der Waals surface area contributed by atoms with Gasteiger partial charge >= 0.3 is 0 Å². The Balaban J connectivity index is 1.90. The summed E-state index contributed by atoms with van der Waals surface area (Å²) in [6.45, 7) is 3.98. The van der Waals surface area contributed by atoms with E-state index >= 15 is 0 Å². The Bertz CT molecular complexity index is 841. The Morgan fingerprint density at radius 3 is 2.33 bits per heavy atom. The second kappa shape index (κ2) is 6.53. The number of rotatable bonds is 3. The zero-order valence-corrected chi connectivity index (χ0v) is 14.6. The van der Waals surface area contributed by atoms with Gasteiger partial charge in [-0.15, -0.1) is 11.8 Å². The van der Waals surface area contributed by atoms with Crippen molar-refractivity contribution in [3.8, 4) is 0 Å². The van der Waals surface area contributed by atoms with E-state index in [1.165, 1.54) is 5.01 Å². The molecule has 4 nitrogen and oxygen atoms in total. The summed E-state index contributed by atoms with van der Waals surface area (Å²) in [5, 5.41) is 1.30. The van der Waals surface area contributed by atoms with Crippen molar-refractivity contribution < 1.29 is 9.59 Å². The van der Waals surface area contributed by atoms with Gasteiger partial charge in [-0.1, -0.05) is 18.2 Å². The number of nitrogens with one attached hydrogen (secondary N) is 1. The first-order valence-corrected chi connectivity index (χ1v) is 8.80. The van der Waals surface area contributed by atoms with Crippen LogP contribution in [-0.2, 0) is 9.59 Å². The van der Waals surface area contributed by atoms with Crippen LogP contribution in [0.2, 0.25) is 0 Å². The average molecular weight is 338 g/mol. The van der Waals surface area contributed by atoms with Gasteiger partial charge in [0.25, 0.3) is 11.8 Å². The molecule has 24 heavy (non-hydrogen) atoms. The van der Waals surface area contributed by atoms with Gasteiger partial charge in [0.05, 0.1) is 5.69 Å². The molecule has 2 aromatic rings. The maximum absolute atomic E-state index is 12.6. The van der Waals surface area contributed by atoms with Gasteiger partial charge in [0.15, 0.2) is 0 Å². The number of hydrogen-bond acceptors (Lipinski definition) is 3. The maximum Gasteiger partial charge on any atom is 0.282 e. The molecule has 0 aromatic heterocycles. The number of nitrogens with zero attached hydrogens (tertiary/aromatic N) is 1. The minimum absolute atomic E-state index is 0.144. The van der Waals surface area contributed by atoms with Crippen LogP contribution in [0.25, 0.3) is 6.08 Å². The van der Waals surface area contributed by atoms with Gasteiger partial charge < -0.3 is 0 Å². The molecular formula is C19H18N2O2S. The number of aryl methyl sites for hydroxylation is 2. The van der Waals surface area contributed by atoms with Crippen LogP contribution >= 0.6 is 11.8 Å². The predicted octanol–water partition coefficient (Wildman–Crippen LogP) is 3.49. The molecular weight excluding hydrogens is 320 g/mol. The second-order valence-corrected chi connectivity index (χ2v) is 6.56. The number of hydrogen-bond donors (Lipinski definition) is 1. The minimum Gasteiger partial charge on any atom is -0.267 e. The lowest BCUT2D eigenvalue weighted by molar-refractivity contribution is -0.117. The van der Waals surface area contributed by atoms with Gasteiger partial charge in [0.1, 0.15) is 5.57 Å². The van der Waals surface area contributed by atoms with E-state index in [0.717, 1.165) is 21.6 Å². The second-order valence-electron chi connectivity index (χ2n) is 5.68. The van der Waals surface area contributed by atoms with Crippen LogP contribution in [0, 0.1) is 13.8 Å². The van der Waals surface area contributed by atoms with Crippen molar-refractivity contribution >= 4 is 35.3 Å². The standard InChI is InChI=1S/C19H18N2O2S/c1-12-4-7-15(10-13(12)2)21-19(23)17(18(22)20-21)11-14-5-8-16(24-3)9-6-14/h4-11H,1-3H3,(H,20,22)/b17-11-. The van der Waals surface area contributed by atoms with E-state index in [-0.39, 0.29) is 17.4 Å². The molecule has 2 aromatic carbocycles.